The van der Waals surface area contributed by atoms with E-state index in [2.05, 4.69) is 10.3 Å². The number of rotatable bonds is 4. The zero-order chi connectivity index (χ0) is 18.1. The topological polar surface area (TPSA) is 46.4 Å². The zero-order valence-electron chi connectivity index (χ0n) is 13.4. The Bertz CT molecular complexity index is 1090. The summed E-state index contributed by atoms with van der Waals surface area (Å²) in [5.74, 6) is -0.865. The first-order valence-corrected chi connectivity index (χ1v) is 9.12. The molecule has 0 bridgehead atoms. The third kappa shape index (κ3) is 3.34. The smallest absolute Gasteiger partial charge is 0.230 e. The average Bonchev–Trinajstić information content (AvgIpc) is 3.20. The Morgan fingerprint density at radius 1 is 1.23 bits per heavy atom. The van der Waals surface area contributed by atoms with E-state index in [1.54, 1.807) is 0 Å². The molecule has 2 aromatic carbocycles. The predicted octanol–water partition coefficient (Wildman–Crippen LogP) is 5.04. The van der Waals surface area contributed by atoms with Crippen LogP contribution in [0.4, 0.5) is 10.1 Å². The first-order valence-electron chi connectivity index (χ1n) is 7.86. The van der Waals surface area contributed by atoms with Crippen LogP contribution in [0.3, 0.4) is 0 Å². The minimum Gasteiger partial charge on any atom is -0.323 e. The van der Waals surface area contributed by atoms with E-state index in [1.807, 2.05) is 46.3 Å². The summed E-state index contributed by atoms with van der Waals surface area (Å²) in [4.78, 5) is 17.7. The Labute approximate surface area is 157 Å². The fourth-order valence-corrected chi connectivity index (χ4v) is 3.69. The summed E-state index contributed by atoms with van der Waals surface area (Å²) < 4.78 is 15.7. The molecule has 0 atom stereocenters. The van der Waals surface area contributed by atoms with Gasteiger partial charge in [0.15, 0.2) is 4.96 Å². The van der Waals surface area contributed by atoms with Crippen LogP contribution in [-0.2, 0) is 11.2 Å². The summed E-state index contributed by atoms with van der Waals surface area (Å²) >= 11 is 7.19. The third-order valence-corrected chi connectivity index (χ3v) is 5.02. The van der Waals surface area contributed by atoms with E-state index < -0.39 is 5.82 Å². The summed E-state index contributed by atoms with van der Waals surface area (Å²) in [7, 11) is 0. The van der Waals surface area contributed by atoms with Crippen molar-refractivity contribution in [2.24, 2.45) is 0 Å². The number of nitrogens with one attached hydrogen (secondary N) is 1. The molecule has 1 amide bonds. The Balaban J connectivity index is 1.55. The molecule has 4 rings (SSSR count). The molecule has 0 unspecified atom stereocenters. The van der Waals surface area contributed by atoms with Gasteiger partial charge in [0.2, 0.25) is 5.91 Å². The van der Waals surface area contributed by atoms with Gasteiger partial charge in [0.25, 0.3) is 0 Å². The van der Waals surface area contributed by atoms with Gasteiger partial charge in [0, 0.05) is 27.9 Å². The average molecular weight is 386 g/mol. The van der Waals surface area contributed by atoms with E-state index in [-0.39, 0.29) is 23.0 Å². The van der Waals surface area contributed by atoms with Gasteiger partial charge in [-0.1, -0.05) is 41.9 Å². The number of imidazole rings is 1. The lowest BCUT2D eigenvalue weighted by molar-refractivity contribution is -0.115. The van der Waals surface area contributed by atoms with E-state index in [0.717, 1.165) is 21.9 Å². The van der Waals surface area contributed by atoms with Crippen molar-refractivity contribution in [3.63, 3.8) is 0 Å². The number of halogens is 2. The number of benzene rings is 2. The fourth-order valence-electron chi connectivity index (χ4n) is 2.65. The number of anilines is 1. The van der Waals surface area contributed by atoms with Gasteiger partial charge in [-0.15, -0.1) is 11.3 Å². The van der Waals surface area contributed by atoms with E-state index in [0.29, 0.717) is 0 Å². The Morgan fingerprint density at radius 2 is 2.04 bits per heavy atom. The van der Waals surface area contributed by atoms with Crippen molar-refractivity contribution in [1.82, 2.24) is 9.38 Å². The third-order valence-electron chi connectivity index (χ3n) is 3.90. The molecule has 0 fully saturated rings. The Morgan fingerprint density at radius 3 is 2.81 bits per heavy atom. The molecule has 0 aliphatic heterocycles. The number of fused-ring (bicyclic) bond motifs is 1. The van der Waals surface area contributed by atoms with Crippen LogP contribution in [0.2, 0.25) is 5.02 Å². The van der Waals surface area contributed by atoms with Gasteiger partial charge in [-0.05, 0) is 18.2 Å². The summed E-state index contributed by atoms with van der Waals surface area (Å²) in [5, 5.41) is 4.75. The van der Waals surface area contributed by atoms with E-state index >= 15 is 0 Å². The monoisotopic (exact) mass is 385 g/mol. The number of carbonyl (C=O) groups excluding carboxylic acids is 1. The molecule has 130 valence electrons. The number of carbonyl (C=O) groups is 1. The van der Waals surface area contributed by atoms with E-state index in [4.69, 9.17) is 11.6 Å². The molecule has 0 aliphatic rings. The van der Waals surface area contributed by atoms with Crippen LogP contribution in [0.5, 0.6) is 0 Å². The number of hydrogen-bond donors (Lipinski definition) is 1. The highest BCUT2D eigenvalue weighted by molar-refractivity contribution is 7.15. The number of hydrogen-bond acceptors (Lipinski definition) is 3. The minimum atomic E-state index is -0.560. The first kappa shape index (κ1) is 16.8. The van der Waals surface area contributed by atoms with E-state index in [9.17, 15) is 9.18 Å². The number of thiazole rings is 1. The van der Waals surface area contributed by atoms with Crippen LogP contribution in [0.1, 0.15) is 5.69 Å². The number of amides is 1. The Kier molecular flexibility index (Phi) is 4.44. The van der Waals surface area contributed by atoms with Crippen LogP contribution < -0.4 is 5.32 Å². The molecule has 0 spiro atoms. The highest BCUT2D eigenvalue weighted by Crippen LogP contribution is 2.24. The van der Waals surface area contributed by atoms with Gasteiger partial charge in [-0.3, -0.25) is 9.20 Å². The van der Waals surface area contributed by atoms with Crippen molar-refractivity contribution >= 4 is 39.5 Å². The molecule has 0 radical (unpaired) electrons. The van der Waals surface area contributed by atoms with Gasteiger partial charge in [-0.2, -0.15) is 0 Å². The molecule has 2 heterocycles. The molecule has 4 nitrogen and oxygen atoms in total. The lowest BCUT2D eigenvalue weighted by Crippen LogP contribution is -2.16. The molecule has 4 aromatic rings. The van der Waals surface area contributed by atoms with E-state index in [1.165, 1.54) is 29.5 Å². The van der Waals surface area contributed by atoms with Crippen molar-refractivity contribution in [2.45, 2.75) is 6.42 Å². The number of nitrogens with zero attached hydrogens (tertiary/aromatic N) is 2. The van der Waals surface area contributed by atoms with Crippen LogP contribution in [0, 0.1) is 5.82 Å². The first-order chi connectivity index (χ1) is 12.6. The molecular formula is C19H13ClFN3OS. The summed E-state index contributed by atoms with van der Waals surface area (Å²) in [5.41, 5.74) is 2.78. The highest BCUT2D eigenvalue weighted by atomic mass is 35.5. The van der Waals surface area contributed by atoms with Crippen molar-refractivity contribution < 1.29 is 9.18 Å². The molecule has 0 aliphatic carbocycles. The minimum absolute atomic E-state index is 0.112. The largest absolute Gasteiger partial charge is 0.323 e. The molecule has 0 saturated carbocycles. The quantitative estimate of drug-likeness (QED) is 0.535. The van der Waals surface area contributed by atoms with Crippen molar-refractivity contribution in [1.29, 1.82) is 0 Å². The molecule has 0 saturated heterocycles. The maximum absolute atomic E-state index is 13.8. The summed E-state index contributed by atoms with van der Waals surface area (Å²) in [6.45, 7) is 0. The van der Waals surface area contributed by atoms with Gasteiger partial charge in [0.05, 0.1) is 17.8 Å². The summed E-state index contributed by atoms with van der Waals surface area (Å²) in [6.07, 6.45) is 2.03. The lowest BCUT2D eigenvalue weighted by atomic mass is 10.2. The van der Waals surface area contributed by atoms with Gasteiger partial charge in [0.1, 0.15) is 5.82 Å². The summed E-state index contributed by atoms with van der Waals surface area (Å²) in [6, 6.07) is 14.0. The van der Waals surface area contributed by atoms with Crippen LogP contribution in [0.25, 0.3) is 16.2 Å². The van der Waals surface area contributed by atoms with Gasteiger partial charge in [-0.25, -0.2) is 9.37 Å². The Hall–Kier alpha value is -2.70. The van der Waals surface area contributed by atoms with Gasteiger partial charge < -0.3 is 5.32 Å². The second-order valence-corrected chi connectivity index (χ2v) is 6.99. The standard InChI is InChI=1S/C19H13ClFN3OS/c20-13-6-7-16(15(21)8-13)22-18(25)9-14-11-26-19-23-17(10-24(14)19)12-4-2-1-3-5-12/h1-8,10-11H,9H2,(H,22,25). The normalized spacial score (nSPS) is 11.0. The zero-order valence-corrected chi connectivity index (χ0v) is 15.0. The lowest BCUT2D eigenvalue weighted by Gasteiger charge is -2.06. The van der Waals surface area contributed by atoms with Crippen LogP contribution in [-0.4, -0.2) is 15.3 Å². The maximum Gasteiger partial charge on any atom is 0.230 e. The molecule has 1 N–H and O–H groups in total. The second-order valence-electron chi connectivity index (χ2n) is 5.72. The highest BCUT2D eigenvalue weighted by Gasteiger charge is 2.14. The van der Waals surface area contributed by atoms with Crippen molar-refractivity contribution in [3.05, 3.63) is 76.6 Å². The van der Waals surface area contributed by atoms with Crippen LogP contribution >= 0.6 is 22.9 Å². The number of aromatic nitrogens is 2. The SMILES string of the molecule is O=C(Cc1csc2nc(-c3ccccc3)cn12)Nc1ccc(Cl)cc1F. The molecule has 26 heavy (non-hydrogen) atoms. The molecular weight excluding hydrogens is 373 g/mol. The molecule has 7 heteroatoms. The van der Waals surface area contributed by atoms with Crippen LogP contribution in [0.15, 0.2) is 60.1 Å². The molecule has 2 aromatic heterocycles. The van der Waals surface area contributed by atoms with Crippen molar-refractivity contribution in [3.8, 4) is 11.3 Å². The predicted molar refractivity (Wildman–Crippen MR) is 102 cm³/mol. The van der Waals surface area contributed by atoms with Gasteiger partial charge >= 0.3 is 0 Å². The fraction of sp³-hybridized carbons (Fsp3) is 0.0526. The van der Waals surface area contributed by atoms with Crippen molar-refractivity contribution in [2.75, 3.05) is 5.32 Å². The second kappa shape index (κ2) is 6.90. The maximum atomic E-state index is 13.8.